The van der Waals surface area contributed by atoms with Crippen molar-refractivity contribution >= 4 is 5.97 Å². The SMILES string of the molecule is CCc1cc2c(cc1C(CC)C[C@H]1CC[C@H](C(=O)O)CC1)CCCC2. The van der Waals surface area contributed by atoms with E-state index in [-0.39, 0.29) is 5.92 Å². The molecule has 0 saturated heterocycles. The summed E-state index contributed by atoms with van der Waals surface area (Å²) < 4.78 is 0. The predicted molar refractivity (Wildman–Crippen MR) is 103 cm³/mol. The summed E-state index contributed by atoms with van der Waals surface area (Å²) in [6.07, 6.45) is 12.7. The molecule has 138 valence electrons. The van der Waals surface area contributed by atoms with E-state index in [1.807, 2.05) is 0 Å². The molecule has 1 saturated carbocycles. The van der Waals surface area contributed by atoms with Crippen molar-refractivity contribution in [3.05, 3.63) is 34.4 Å². The van der Waals surface area contributed by atoms with Gasteiger partial charge in [0.1, 0.15) is 0 Å². The highest BCUT2D eigenvalue weighted by molar-refractivity contribution is 5.70. The highest BCUT2D eigenvalue weighted by Gasteiger charge is 2.28. The fourth-order valence-corrected chi connectivity index (χ4v) is 5.10. The van der Waals surface area contributed by atoms with Crippen LogP contribution in [0.15, 0.2) is 12.1 Å². The van der Waals surface area contributed by atoms with Gasteiger partial charge in [0.05, 0.1) is 5.92 Å². The van der Waals surface area contributed by atoms with Gasteiger partial charge in [-0.05, 0) is 105 Å². The van der Waals surface area contributed by atoms with E-state index in [9.17, 15) is 9.90 Å². The molecule has 1 aromatic carbocycles. The Morgan fingerprint density at radius 1 is 1.08 bits per heavy atom. The minimum atomic E-state index is -0.589. The zero-order chi connectivity index (χ0) is 17.8. The summed E-state index contributed by atoms with van der Waals surface area (Å²) in [6.45, 7) is 4.62. The van der Waals surface area contributed by atoms with Crippen molar-refractivity contribution in [3.8, 4) is 0 Å². The van der Waals surface area contributed by atoms with Gasteiger partial charge in [-0.15, -0.1) is 0 Å². The minimum Gasteiger partial charge on any atom is -0.481 e. The first-order valence-corrected chi connectivity index (χ1v) is 10.5. The van der Waals surface area contributed by atoms with E-state index >= 15 is 0 Å². The minimum absolute atomic E-state index is 0.0914. The van der Waals surface area contributed by atoms with Crippen LogP contribution >= 0.6 is 0 Å². The second-order valence-electron chi connectivity index (χ2n) is 8.28. The Bertz CT molecular complexity index is 596. The van der Waals surface area contributed by atoms with Crippen LogP contribution in [0.25, 0.3) is 0 Å². The average molecular weight is 343 g/mol. The average Bonchev–Trinajstić information content (AvgIpc) is 2.65. The zero-order valence-electron chi connectivity index (χ0n) is 16.0. The van der Waals surface area contributed by atoms with Gasteiger partial charge in [-0.3, -0.25) is 4.79 Å². The van der Waals surface area contributed by atoms with E-state index in [1.165, 1.54) is 38.5 Å². The first-order valence-electron chi connectivity index (χ1n) is 10.5. The molecule has 1 unspecified atom stereocenters. The number of fused-ring (bicyclic) bond motifs is 1. The molecule has 1 fully saturated rings. The number of carboxylic acids is 1. The summed E-state index contributed by atoms with van der Waals surface area (Å²) in [5, 5.41) is 9.21. The molecule has 1 aromatic rings. The summed E-state index contributed by atoms with van der Waals surface area (Å²) in [5.74, 6) is 0.676. The number of carboxylic acid groups (broad SMARTS) is 1. The molecule has 0 amide bonds. The molecule has 3 rings (SSSR count). The number of aliphatic carboxylic acids is 1. The maximum atomic E-state index is 11.2. The van der Waals surface area contributed by atoms with Crippen LogP contribution in [0.5, 0.6) is 0 Å². The number of benzene rings is 1. The monoisotopic (exact) mass is 342 g/mol. The lowest BCUT2D eigenvalue weighted by molar-refractivity contribution is -0.143. The van der Waals surface area contributed by atoms with E-state index in [4.69, 9.17) is 0 Å². The van der Waals surface area contributed by atoms with E-state index in [0.29, 0.717) is 11.8 Å². The zero-order valence-corrected chi connectivity index (χ0v) is 16.0. The second kappa shape index (κ2) is 8.38. The van der Waals surface area contributed by atoms with Crippen LogP contribution in [0.3, 0.4) is 0 Å². The van der Waals surface area contributed by atoms with Gasteiger partial charge in [-0.2, -0.15) is 0 Å². The second-order valence-corrected chi connectivity index (χ2v) is 8.28. The molecular weight excluding hydrogens is 308 g/mol. The first-order chi connectivity index (χ1) is 12.1. The summed E-state index contributed by atoms with van der Waals surface area (Å²) >= 11 is 0. The normalized spacial score (nSPS) is 24.6. The highest BCUT2D eigenvalue weighted by Crippen LogP contribution is 2.39. The summed E-state index contributed by atoms with van der Waals surface area (Å²) in [5.41, 5.74) is 6.37. The van der Waals surface area contributed by atoms with Crippen molar-refractivity contribution in [1.29, 1.82) is 0 Å². The molecule has 1 atom stereocenters. The molecule has 0 bridgehead atoms. The van der Waals surface area contributed by atoms with Crippen molar-refractivity contribution < 1.29 is 9.90 Å². The van der Waals surface area contributed by atoms with E-state index in [2.05, 4.69) is 26.0 Å². The molecule has 2 aliphatic rings. The topological polar surface area (TPSA) is 37.3 Å². The van der Waals surface area contributed by atoms with Crippen molar-refractivity contribution in [2.45, 2.75) is 90.4 Å². The van der Waals surface area contributed by atoms with Crippen molar-refractivity contribution in [3.63, 3.8) is 0 Å². The fourth-order valence-electron chi connectivity index (χ4n) is 5.10. The molecule has 25 heavy (non-hydrogen) atoms. The smallest absolute Gasteiger partial charge is 0.306 e. The van der Waals surface area contributed by atoms with Crippen molar-refractivity contribution in [2.75, 3.05) is 0 Å². The van der Waals surface area contributed by atoms with E-state index in [1.54, 1.807) is 22.3 Å². The quantitative estimate of drug-likeness (QED) is 0.698. The van der Waals surface area contributed by atoms with Gasteiger partial charge >= 0.3 is 5.97 Å². The van der Waals surface area contributed by atoms with Crippen molar-refractivity contribution in [1.82, 2.24) is 0 Å². The Morgan fingerprint density at radius 3 is 2.28 bits per heavy atom. The van der Waals surface area contributed by atoms with Crippen LogP contribution in [0.1, 0.15) is 93.4 Å². The molecule has 0 aromatic heterocycles. The molecular formula is C23H34O2. The van der Waals surface area contributed by atoms with Crippen LogP contribution in [-0.2, 0) is 24.1 Å². The highest BCUT2D eigenvalue weighted by atomic mass is 16.4. The summed E-state index contributed by atoms with van der Waals surface area (Å²) in [6, 6.07) is 5.05. The van der Waals surface area contributed by atoms with Crippen LogP contribution < -0.4 is 0 Å². The maximum Gasteiger partial charge on any atom is 0.306 e. The van der Waals surface area contributed by atoms with E-state index in [0.717, 1.165) is 32.1 Å². The number of rotatable bonds is 6. The molecule has 1 N–H and O–H groups in total. The molecule has 2 nitrogen and oxygen atoms in total. The molecule has 2 aliphatic carbocycles. The lowest BCUT2D eigenvalue weighted by Gasteiger charge is -2.30. The Morgan fingerprint density at radius 2 is 1.72 bits per heavy atom. The van der Waals surface area contributed by atoms with E-state index < -0.39 is 5.97 Å². The van der Waals surface area contributed by atoms with Gasteiger partial charge in [0.15, 0.2) is 0 Å². The lowest BCUT2D eigenvalue weighted by atomic mass is 9.74. The molecule has 0 heterocycles. The third-order valence-electron chi connectivity index (χ3n) is 6.73. The number of hydrogen-bond acceptors (Lipinski definition) is 1. The number of aryl methyl sites for hydroxylation is 3. The Hall–Kier alpha value is -1.31. The van der Waals surface area contributed by atoms with Crippen LogP contribution in [0, 0.1) is 11.8 Å². The molecule has 2 heteroatoms. The standard InChI is InChI=1S/C23H34O2/c1-3-17(13-16-9-11-19(12-10-16)23(24)25)22-15-21-8-6-5-7-20(21)14-18(22)4-2/h14-17,19H,3-13H2,1-2H3,(H,24,25)/t16-,17?,19-. The van der Waals surface area contributed by atoms with Crippen LogP contribution in [0.4, 0.5) is 0 Å². The number of carbonyl (C=O) groups is 1. The van der Waals surface area contributed by atoms with Gasteiger partial charge in [0.2, 0.25) is 0 Å². The predicted octanol–water partition coefficient (Wildman–Crippen LogP) is 5.90. The fraction of sp³-hybridized carbons (Fsp3) is 0.696. The van der Waals surface area contributed by atoms with Gasteiger partial charge in [0.25, 0.3) is 0 Å². The van der Waals surface area contributed by atoms with Gasteiger partial charge in [-0.1, -0.05) is 26.0 Å². The Labute approximate surface area is 153 Å². The molecule has 0 spiro atoms. The Balaban J connectivity index is 1.73. The third-order valence-corrected chi connectivity index (χ3v) is 6.73. The van der Waals surface area contributed by atoms with Gasteiger partial charge in [-0.25, -0.2) is 0 Å². The third kappa shape index (κ3) is 4.27. The lowest BCUT2D eigenvalue weighted by Crippen LogP contribution is -2.22. The molecule has 0 aliphatic heterocycles. The summed E-state index contributed by atoms with van der Waals surface area (Å²) in [7, 11) is 0. The molecule has 0 radical (unpaired) electrons. The Kier molecular flexibility index (Phi) is 6.19. The number of hydrogen-bond donors (Lipinski definition) is 1. The first kappa shape index (κ1) is 18.5. The van der Waals surface area contributed by atoms with Gasteiger partial charge in [0, 0.05) is 0 Å². The van der Waals surface area contributed by atoms with Gasteiger partial charge < -0.3 is 5.11 Å². The van der Waals surface area contributed by atoms with Crippen LogP contribution in [0.2, 0.25) is 0 Å². The van der Waals surface area contributed by atoms with Crippen LogP contribution in [-0.4, -0.2) is 11.1 Å². The summed E-state index contributed by atoms with van der Waals surface area (Å²) in [4.78, 5) is 11.2. The largest absolute Gasteiger partial charge is 0.481 e. The maximum absolute atomic E-state index is 11.2. The van der Waals surface area contributed by atoms with Crippen molar-refractivity contribution in [2.24, 2.45) is 11.8 Å².